The lowest BCUT2D eigenvalue weighted by molar-refractivity contribution is -0.121. The average molecular weight is 329 g/mol. The van der Waals surface area contributed by atoms with E-state index in [4.69, 9.17) is 11.6 Å². The van der Waals surface area contributed by atoms with Crippen LogP contribution >= 0.6 is 11.6 Å². The van der Waals surface area contributed by atoms with Gasteiger partial charge in [0.15, 0.2) is 0 Å². The number of nitrogens with zero attached hydrogens (tertiary/aromatic N) is 1. The molecule has 2 aromatic carbocycles. The molecular weight excluding hydrogens is 312 g/mol. The quantitative estimate of drug-likeness (QED) is 0.938. The third-order valence-electron chi connectivity index (χ3n) is 3.84. The summed E-state index contributed by atoms with van der Waals surface area (Å²) in [5.41, 5.74) is 1.77. The second-order valence-electron chi connectivity index (χ2n) is 5.61. The van der Waals surface area contributed by atoms with Crippen LogP contribution in [0, 0.1) is 0 Å². The van der Waals surface area contributed by atoms with Crippen LogP contribution in [0.5, 0.6) is 0 Å². The smallest absolute Gasteiger partial charge is 0.229 e. The number of anilines is 1. The van der Waals surface area contributed by atoms with Crippen molar-refractivity contribution in [2.24, 2.45) is 0 Å². The van der Waals surface area contributed by atoms with Gasteiger partial charge in [-0.05, 0) is 29.8 Å². The number of hydrogen-bond donors (Lipinski definition) is 1. The summed E-state index contributed by atoms with van der Waals surface area (Å²) >= 11 is 5.87. The molecule has 1 fully saturated rings. The van der Waals surface area contributed by atoms with Gasteiger partial charge in [0.2, 0.25) is 11.8 Å². The van der Waals surface area contributed by atoms with Crippen LogP contribution in [0.2, 0.25) is 5.02 Å². The van der Waals surface area contributed by atoms with Crippen LogP contribution in [0.4, 0.5) is 5.69 Å². The largest absolute Gasteiger partial charge is 0.351 e. The summed E-state index contributed by atoms with van der Waals surface area (Å²) in [7, 11) is 0. The van der Waals surface area contributed by atoms with E-state index in [0.29, 0.717) is 24.4 Å². The second-order valence-corrected chi connectivity index (χ2v) is 6.05. The monoisotopic (exact) mass is 328 g/mol. The fraction of sp³-hybridized carbons (Fsp3) is 0.222. The lowest BCUT2D eigenvalue weighted by Crippen LogP contribution is -2.38. The van der Waals surface area contributed by atoms with E-state index in [9.17, 15) is 9.59 Å². The van der Waals surface area contributed by atoms with Crippen LogP contribution in [0.25, 0.3) is 0 Å². The zero-order valence-electron chi connectivity index (χ0n) is 12.5. The molecule has 2 amide bonds. The number of rotatable bonds is 4. The van der Waals surface area contributed by atoms with E-state index in [2.05, 4.69) is 5.32 Å². The first kappa shape index (κ1) is 15.6. The van der Waals surface area contributed by atoms with E-state index in [1.165, 1.54) is 0 Å². The topological polar surface area (TPSA) is 49.4 Å². The van der Waals surface area contributed by atoms with Crippen molar-refractivity contribution in [3.05, 3.63) is 65.2 Å². The number of benzene rings is 2. The highest BCUT2D eigenvalue weighted by Gasteiger charge is 2.31. The molecule has 0 saturated carbocycles. The lowest BCUT2D eigenvalue weighted by atomic mass is 10.1. The van der Waals surface area contributed by atoms with Gasteiger partial charge < -0.3 is 10.2 Å². The fourth-order valence-electron chi connectivity index (χ4n) is 2.73. The Morgan fingerprint density at radius 2 is 1.83 bits per heavy atom. The molecular formula is C18H17ClN2O2. The van der Waals surface area contributed by atoms with Crippen LogP contribution in [0.15, 0.2) is 54.6 Å². The molecule has 1 heterocycles. The highest BCUT2D eigenvalue weighted by atomic mass is 35.5. The molecule has 0 bridgehead atoms. The predicted molar refractivity (Wildman–Crippen MR) is 90.5 cm³/mol. The average Bonchev–Trinajstić information content (AvgIpc) is 2.89. The van der Waals surface area contributed by atoms with Crippen LogP contribution in [-0.2, 0) is 16.0 Å². The molecule has 3 rings (SSSR count). The zero-order valence-corrected chi connectivity index (χ0v) is 13.3. The molecule has 1 saturated heterocycles. The number of amides is 2. The molecule has 23 heavy (non-hydrogen) atoms. The maximum absolute atomic E-state index is 12.2. The van der Waals surface area contributed by atoms with Crippen molar-refractivity contribution >= 4 is 29.1 Å². The van der Waals surface area contributed by atoms with E-state index >= 15 is 0 Å². The Balaban J connectivity index is 1.59. The Morgan fingerprint density at radius 3 is 2.52 bits per heavy atom. The zero-order chi connectivity index (χ0) is 16.2. The Morgan fingerprint density at radius 1 is 1.13 bits per heavy atom. The van der Waals surface area contributed by atoms with Crippen molar-refractivity contribution < 1.29 is 9.59 Å². The highest BCUT2D eigenvalue weighted by Crippen LogP contribution is 2.23. The summed E-state index contributed by atoms with van der Waals surface area (Å²) < 4.78 is 0. The Kier molecular flexibility index (Phi) is 4.63. The first-order chi connectivity index (χ1) is 11.1. The minimum Gasteiger partial charge on any atom is -0.351 e. The van der Waals surface area contributed by atoms with Crippen LogP contribution in [0.1, 0.15) is 12.0 Å². The predicted octanol–water partition coefficient (Wildman–Crippen LogP) is 2.80. The molecule has 4 nitrogen and oxygen atoms in total. The molecule has 0 radical (unpaired) electrons. The van der Waals surface area contributed by atoms with E-state index in [1.54, 1.807) is 17.0 Å². The molecule has 1 aliphatic rings. The normalized spacial score (nSPS) is 17.3. The second kappa shape index (κ2) is 6.84. The Bertz CT molecular complexity index is 701. The van der Waals surface area contributed by atoms with Crippen molar-refractivity contribution in [1.29, 1.82) is 0 Å². The van der Waals surface area contributed by atoms with E-state index < -0.39 is 0 Å². The summed E-state index contributed by atoms with van der Waals surface area (Å²) in [4.78, 5) is 25.9. The first-order valence-electron chi connectivity index (χ1n) is 7.51. The summed E-state index contributed by atoms with van der Waals surface area (Å²) in [5.74, 6) is -0.0516. The summed E-state index contributed by atoms with van der Waals surface area (Å²) in [6.45, 7) is 0.487. The molecule has 1 aliphatic heterocycles. The third-order valence-corrected chi connectivity index (χ3v) is 4.09. The van der Waals surface area contributed by atoms with Crippen LogP contribution in [-0.4, -0.2) is 24.4 Å². The van der Waals surface area contributed by atoms with Crippen molar-refractivity contribution in [1.82, 2.24) is 5.32 Å². The molecule has 1 N–H and O–H groups in total. The van der Waals surface area contributed by atoms with Gasteiger partial charge in [-0.25, -0.2) is 0 Å². The summed E-state index contributed by atoms with van der Waals surface area (Å²) in [6.07, 6.45) is 0.648. The van der Waals surface area contributed by atoms with Crippen molar-refractivity contribution in [2.45, 2.75) is 18.9 Å². The van der Waals surface area contributed by atoms with Gasteiger partial charge in [0, 0.05) is 23.7 Å². The van der Waals surface area contributed by atoms with Gasteiger partial charge in [-0.15, -0.1) is 0 Å². The highest BCUT2D eigenvalue weighted by molar-refractivity contribution is 6.30. The number of carbonyl (C=O) groups excluding carboxylic acids is 2. The van der Waals surface area contributed by atoms with Crippen molar-refractivity contribution in [2.75, 3.05) is 11.4 Å². The van der Waals surface area contributed by atoms with Crippen LogP contribution in [0.3, 0.4) is 0 Å². The van der Waals surface area contributed by atoms with Gasteiger partial charge in [-0.2, -0.15) is 0 Å². The minimum absolute atomic E-state index is 0.0114. The van der Waals surface area contributed by atoms with Crippen LogP contribution < -0.4 is 10.2 Å². The number of halogens is 1. The minimum atomic E-state index is -0.158. The summed E-state index contributed by atoms with van der Waals surface area (Å²) in [6, 6.07) is 16.5. The SMILES string of the molecule is O=C(Cc1ccccc1)N[C@@H]1CC(=O)N(c2ccc(Cl)cc2)C1. The molecule has 118 valence electrons. The molecule has 0 unspecified atom stereocenters. The Hall–Kier alpha value is -2.33. The van der Waals surface area contributed by atoms with E-state index in [1.807, 2.05) is 42.5 Å². The van der Waals surface area contributed by atoms with Gasteiger partial charge in [0.1, 0.15) is 0 Å². The maximum Gasteiger partial charge on any atom is 0.229 e. The number of carbonyl (C=O) groups is 2. The lowest BCUT2D eigenvalue weighted by Gasteiger charge is -2.17. The molecule has 1 atom stereocenters. The third kappa shape index (κ3) is 3.90. The van der Waals surface area contributed by atoms with Gasteiger partial charge in [-0.1, -0.05) is 41.9 Å². The van der Waals surface area contributed by atoms with E-state index in [-0.39, 0.29) is 17.9 Å². The van der Waals surface area contributed by atoms with Gasteiger partial charge in [-0.3, -0.25) is 9.59 Å². The van der Waals surface area contributed by atoms with Gasteiger partial charge in [0.25, 0.3) is 0 Å². The van der Waals surface area contributed by atoms with Crippen molar-refractivity contribution in [3.8, 4) is 0 Å². The van der Waals surface area contributed by atoms with E-state index in [0.717, 1.165) is 11.3 Å². The van der Waals surface area contributed by atoms with Crippen molar-refractivity contribution in [3.63, 3.8) is 0 Å². The summed E-state index contributed by atoms with van der Waals surface area (Å²) in [5, 5.41) is 3.57. The van der Waals surface area contributed by atoms with Gasteiger partial charge in [0.05, 0.1) is 12.5 Å². The standard InChI is InChI=1S/C18H17ClN2O2/c19-14-6-8-16(9-7-14)21-12-15(11-18(21)23)20-17(22)10-13-4-2-1-3-5-13/h1-9,15H,10-12H2,(H,20,22)/t15-/m1/s1. The number of nitrogens with one attached hydrogen (secondary N) is 1. The molecule has 5 heteroatoms. The number of hydrogen-bond acceptors (Lipinski definition) is 2. The molecule has 0 spiro atoms. The fourth-order valence-corrected chi connectivity index (χ4v) is 2.86. The molecule has 0 aliphatic carbocycles. The molecule has 2 aromatic rings. The maximum atomic E-state index is 12.2. The van der Waals surface area contributed by atoms with Gasteiger partial charge >= 0.3 is 0 Å². The first-order valence-corrected chi connectivity index (χ1v) is 7.89. The Labute approximate surface area is 140 Å². The molecule has 0 aromatic heterocycles.